The number of hydrogen-bond donors (Lipinski definition) is 3. The van der Waals surface area contributed by atoms with Crippen LogP contribution in [0.4, 0.5) is 11.4 Å². The highest BCUT2D eigenvalue weighted by Gasteiger charge is 2.20. The number of aromatic nitrogens is 2. The monoisotopic (exact) mass is 414 g/mol. The van der Waals surface area contributed by atoms with Crippen LogP contribution in [0.1, 0.15) is 41.5 Å². The predicted octanol–water partition coefficient (Wildman–Crippen LogP) is 4.20. The molecule has 0 saturated carbocycles. The first kappa shape index (κ1) is 16.0. The first-order valence-corrected chi connectivity index (χ1v) is 8.00. The first-order valence-electron chi connectivity index (χ1n) is 6.42. The van der Waals surface area contributed by atoms with E-state index in [9.17, 15) is 4.79 Å². The molecule has 112 valence electrons. The summed E-state index contributed by atoms with van der Waals surface area (Å²) in [4.78, 5) is 12.3. The Kier molecular flexibility index (Phi) is 4.73. The standard InChI is InChI=1S/C14H16Br2N4O/c1-6(2)11-10(17)13(20-19-11)14(21)18-12-8(15)4-7(3)5-9(12)16/h4-6H,17H2,1-3H3,(H,18,21)(H,19,20). The molecule has 1 heterocycles. The maximum Gasteiger partial charge on any atom is 0.278 e. The van der Waals surface area contributed by atoms with Gasteiger partial charge in [-0.15, -0.1) is 0 Å². The highest BCUT2D eigenvalue weighted by Crippen LogP contribution is 2.33. The molecule has 0 unspecified atom stereocenters. The number of rotatable bonds is 3. The molecule has 0 atom stereocenters. The van der Waals surface area contributed by atoms with Crippen molar-refractivity contribution in [1.82, 2.24) is 10.2 Å². The quantitative estimate of drug-likeness (QED) is 0.702. The molecule has 1 amide bonds. The van der Waals surface area contributed by atoms with Crippen molar-refractivity contribution in [3.8, 4) is 0 Å². The van der Waals surface area contributed by atoms with Gasteiger partial charge in [0.05, 0.1) is 17.1 Å². The van der Waals surface area contributed by atoms with Crippen LogP contribution in [0.25, 0.3) is 0 Å². The summed E-state index contributed by atoms with van der Waals surface area (Å²) in [6.45, 7) is 5.94. The van der Waals surface area contributed by atoms with Crippen LogP contribution in [0, 0.1) is 6.92 Å². The SMILES string of the molecule is Cc1cc(Br)c(NC(=O)c2n[nH]c(C(C)C)c2N)c(Br)c1. The zero-order valence-corrected chi connectivity index (χ0v) is 15.1. The van der Waals surface area contributed by atoms with Crippen LogP contribution in [0.3, 0.4) is 0 Å². The highest BCUT2D eigenvalue weighted by atomic mass is 79.9. The highest BCUT2D eigenvalue weighted by molar-refractivity contribution is 9.11. The molecule has 0 spiro atoms. The summed E-state index contributed by atoms with van der Waals surface area (Å²) in [6, 6.07) is 3.85. The third-order valence-corrected chi connectivity index (χ3v) is 4.30. The minimum atomic E-state index is -0.346. The summed E-state index contributed by atoms with van der Waals surface area (Å²) in [5.74, 6) is -0.169. The molecule has 0 aliphatic heterocycles. The van der Waals surface area contributed by atoms with Crippen molar-refractivity contribution < 1.29 is 4.79 Å². The summed E-state index contributed by atoms with van der Waals surface area (Å²) in [5.41, 5.74) is 9.07. The van der Waals surface area contributed by atoms with Gasteiger partial charge in [-0.05, 0) is 62.4 Å². The van der Waals surface area contributed by atoms with Gasteiger partial charge >= 0.3 is 0 Å². The normalized spacial score (nSPS) is 11.0. The summed E-state index contributed by atoms with van der Waals surface area (Å²) >= 11 is 6.88. The molecule has 0 fully saturated rings. The molecule has 0 saturated heterocycles. The molecular weight excluding hydrogens is 400 g/mol. The Morgan fingerprint density at radius 1 is 1.33 bits per heavy atom. The van der Waals surface area contributed by atoms with E-state index >= 15 is 0 Å². The number of nitrogen functional groups attached to an aromatic ring is 1. The van der Waals surface area contributed by atoms with Crippen LogP contribution >= 0.6 is 31.9 Å². The molecule has 0 aliphatic carbocycles. The number of anilines is 2. The van der Waals surface area contributed by atoms with E-state index in [2.05, 4.69) is 47.4 Å². The molecule has 0 radical (unpaired) electrons. The van der Waals surface area contributed by atoms with Gasteiger partial charge in [-0.2, -0.15) is 5.10 Å². The number of nitrogens with two attached hydrogens (primary N) is 1. The minimum absolute atomic E-state index is 0.178. The minimum Gasteiger partial charge on any atom is -0.395 e. The van der Waals surface area contributed by atoms with Gasteiger partial charge in [0, 0.05) is 8.95 Å². The molecule has 1 aromatic heterocycles. The van der Waals surface area contributed by atoms with Crippen LogP contribution in [-0.4, -0.2) is 16.1 Å². The molecule has 7 heteroatoms. The van der Waals surface area contributed by atoms with E-state index in [-0.39, 0.29) is 17.5 Å². The van der Waals surface area contributed by atoms with Crippen LogP contribution in [0.5, 0.6) is 0 Å². The Hall–Kier alpha value is -1.34. The number of nitrogens with one attached hydrogen (secondary N) is 2. The van der Waals surface area contributed by atoms with Crippen LogP contribution in [-0.2, 0) is 0 Å². The molecule has 2 rings (SSSR count). The number of aromatic amines is 1. The molecule has 5 nitrogen and oxygen atoms in total. The number of halogens is 2. The summed E-state index contributed by atoms with van der Waals surface area (Å²) in [5, 5.41) is 9.66. The number of carbonyl (C=O) groups excluding carboxylic acids is 1. The van der Waals surface area contributed by atoms with Crippen molar-refractivity contribution in [1.29, 1.82) is 0 Å². The molecule has 0 aliphatic rings. The lowest BCUT2D eigenvalue weighted by molar-refractivity contribution is 0.102. The van der Waals surface area contributed by atoms with Gasteiger partial charge in [0.15, 0.2) is 5.69 Å². The van der Waals surface area contributed by atoms with Gasteiger partial charge in [0.1, 0.15) is 0 Å². The topological polar surface area (TPSA) is 83.8 Å². The van der Waals surface area contributed by atoms with Crippen molar-refractivity contribution in [2.24, 2.45) is 0 Å². The number of nitrogens with zero attached hydrogens (tertiary/aromatic N) is 1. The first-order chi connectivity index (χ1) is 9.81. The number of H-pyrrole nitrogens is 1. The van der Waals surface area contributed by atoms with E-state index in [4.69, 9.17) is 5.73 Å². The number of carbonyl (C=O) groups is 1. The lowest BCUT2D eigenvalue weighted by atomic mass is 10.1. The van der Waals surface area contributed by atoms with E-state index in [0.29, 0.717) is 11.4 Å². The molecule has 4 N–H and O–H groups in total. The van der Waals surface area contributed by atoms with Crippen LogP contribution in [0.2, 0.25) is 0 Å². The molecule has 2 aromatic rings. The van der Waals surface area contributed by atoms with E-state index in [1.54, 1.807) is 0 Å². The van der Waals surface area contributed by atoms with Gasteiger partial charge < -0.3 is 11.1 Å². The predicted molar refractivity (Wildman–Crippen MR) is 91.6 cm³/mol. The third-order valence-electron chi connectivity index (χ3n) is 3.05. The van der Waals surface area contributed by atoms with Crippen molar-refractivity contribution in [3.63, 3.8) is 0 Å². The Balaban J connectivity index is 2.31. The van der Waals surface area contributed by atoms with Crippen molar-refractivity contribution in [2.45, 2.75) is 26.7 Å². The van der Waals surface area contributed by atoms with Gasteiger partial charge in [-0.25, -0.2) is 0 Å². The van der Waals surface area contributed by atoms with E-state index in [1.165, 1.54) is 0 Å². The van der Waals surface area contributed by atoms with Crippen molar-refractivity contribution in [2.75, 3.05) is 11.1 Å². The zero-order valence-electron chi connectivity index (χ0n) is 11.9. The largest absolute Gasteiger partial charge is 0.395 e. The van der Waals surface area contributed by atoms with Gasteiger partial charge in [0.2, 0.25) is 0 Å². The Labute approximate surface area is 139 Å². The van der Waals surface area contributed by atoms with E-state index < -0.39 is 0 Å². The maximum atomic E-state index is 12.3. The maximum absolute atomic E-state index is 12.3. The smallest absolute Gasteiger partial charge is 0.278 e. The zero-order chi connectivity index (χ0) is 15.7. The Morgan fingerprint density at radius 2 is 1.90 bits per heavy atom. The average molecular weight is 416 g/mol. The molecule has 21 heavy (non-hydrogen) atoms. The van der Waals surface area contributed by atoms with Crippen molar-refractivity contribution in [3.05, 3.63) is 38.0 Å². The number of amides is 1. The number of aryl methyl sites for hydroxylation is 1. The fraction of sp³-hybridized carbons (Fsp3) is 0.286. The lowest BCUT2D eigenvalue weighted by Gasteiger charge is -2.10. The second kappa shape index (κ2) is 6.19. The Bertz CT molecular complexity index is 671. The summed E-state index contributed by atoms with van der Waals surface area (Å²) < 4.78 is 1.59. The third kappa shape index (κ3) is 3.29. The lowest BCUT2D eigenvalue weighted by Crippen LogP contribution is -2.15. The number of hydrogen-bond acceptors (Lipinski definition) is 3. The molecule has 1 aromatic carbocycles. The van der Waals surface area contributed by atoms with Crippen LogP contribution < -0.4 is 11.1 Å². The van der Waals surface area contributed by atoms with Gasteiger partial charge in [-0.1, -0.05) is 13.8 Å². The van der Waals surface area contributed by atoms with Gasteiger partial charge in [-0.3, -0.25) is 9.89 Å². The van der Waals surface area contributed by atoms with Gasteiger partial charge in [0.25, 0.3) is 5.91 Å². The second-order valence-electron chi connectivity index (χ2n) is 5.11. The number of benzene rings is 1. The summed E-state index contributed by atoms with van der Waals surface area (Å²) in [7, 11) is 0. The van der Waals surface area contributed by atoms with Crippen molar-refractivity contribution >= 4 is 49.1 Å². The second-order valence-corrected chi connectivity index (χ2v) is 6.82. The van der Waals surface area contributed by atoms with Crippen LogP contribution in [0.15, 0.2) is 21.1 Å². The average Bonchev–Trinajstić information content (AvgIpc) is 2.75. The fourth-order valence-electron chi connectivity index (χ4n) is 1.97. The summed E-state index contributed by atoms with van der Waals surface area (Å²) in [6.07, 6.45) is 0. The van der Waals surface area contributed by atoms with E-state index in [1.807, 2.05) is 32.9 Å². The van der Waals surface area contributed by atoms with E-state index in [0.717, 1.165) is 20.2 Å². The Morgan fingerprint density at radius 3 is 2.38 bits per heavy atom. The molecular formula is C14H16Br2N4O. The fourth-order valence-corrected chi connectivity index (χ4v) is 3.58. The molecule has 0 bridgehead atoms.